The number of pyridine rings is 2. The number of rotatable bonds is 3. The molecular weight excluding hydrogens is 448 g/mol. The lowest BCUT2D eigenvalue weighted by molar-refractivity contribution is 0.0938. The number of anilines is 2. The number of nitrogens with two attached hydrogens (primary N) is 2. The molecule has 34 heavy (non-hydrogen) atoms. The number of thiophene rings is 1. The smallest absolute Gasteiger partial charge is 0.263 e. The van der Waals surface area contributed by atoms with Gasteiger partial charge in [-0.15, -0.1) is 11.3 Å². The van der Waals surface area contributed by atoms with Crippen molar-refractivity contribution in [2.45, 2.75) is 44.7 Å². The van der Waals surface area contributed by atoms with Crippen LogP contribution >= 0.6 is 11.3 Å². The summed E-state index contributed by atoms with van der Waals surface area (Å²) < 4.78 is 5.66. The van der Waals surface area contributed by atoms with Crippen LogP contribution in [0.25, 0.3) is 10.2 Å². The van der Waals surface area contributed by atoms with E-state index in [2.05, 4.69) is 27.3 Å². The monoisotopic (exact) mass is 478 g/mol. The molecule has 0 aromatic carbocycles. The number of ether oxygens (including phenoxy) is 1. The van der Waals surface area contributed by atoms with Crippen molar-refractivity contribution in [3.63, 3.8) is 0 Å². The molecule has 0 unspecified atom stereocenters. The quantitative estimate of drug-likeness (QED) is 0.529. The van der Waals surface area contributed by atoms with E-state index in [4.69, 9.17) is 21.2 Å². The van der Waals surface area contributed by atoms with Crippen LogP contribution in [0.4, 0.5) is 11.5 Å². The van der Waals surface area contributed by atoms with Gasteiger partial charge in [0.2, 0.25) is 0 Å². The van der Waals surface area contributed by atoms with Crippen molar-refractivity contribution in [2.75, 3.05) is 36.9 Å². The van der Waals surface area contributed by atoms with Gasteiger partial charge in [-0.2, -0.15) is 0 Å². The van der Waals surface area contributed by atoms with Crippen LogP contribution in [0.3, 0.4) is 0 Å². The van der Waals surface area contributed by atoms with Gasteiger partial charge >= 0.3 is 0 Å². The maximum atomic E-state index is 13.0. The van der Waals surface area contributed by atoms with Gasteiger partial charge in [0.25, 0.3) is 5.91 Å². The fourth-order valence-corrected chi connectivity index (χ4v) is 6.66. The Bertz CT molecular complexity index is 1270. The van der Waals surface area contributed by atoms with Crippen molar-refractivity contribution in [1.29, 1.82) is 0 Å². The first-order valence-corrected chi connectivity index (χ1v) is 12.8. The standard InChI is InChI=1S/C25H30N6O2S/c1-14-2-5-17-21(27)22(34-24(17)28-14)23(32)29-16-4-6-18-15(10-16)3-7-20(30-18)31-11-19(26)25(12-31)8-9-33-13-25/h2-3,5,7,16,19H,4,6,8-13,26-27H2,1H3,(H,29,32)/t16-,19-,25-/m0/s1. The molecule has 3 aromatic heterocycles. The first-order chi connectivity index (χ1) is 16.4. The predicted octanol–water partition coefficient (Wildman–Crippen LogP) is 2.42. The lowest BCUT2D eigenvalue weighted by Crippen LogP contribution is -2.40. The predicted molar refractivity (Wildman–Crippen MR) is 134 cm³/mol. The number of carbonyl (C=O) groups excluding carboxylic acids is 1. The van der Waals surface area contributed by atoms with Crippen molar-refractivity contribution in [3.05, 3.63) is 46.1 Å². The third kappa shape index (κ3) is 3.62. The van der Waals surface area contributed by atoms with Crippen LogP contribution in [0.2, 0.25) is 0 Å². The van der Waals surface area contributed by atoms with E-state index >= 15 is 0 Å². The summed E-state index contributed by atoms with van der Waals surface area (Å²) in [5.74, 6) is 0.882. The zero-order chi connectivity index (χ0) is 23.4. The summed E-state index contributed by atoms with van der Waals surface area (Å²) in [6, 6.07) is 8.30. The van der Waals surface area contributed by atoms with Crippen LogP contribution in [0.5, 0.6) is 0 Å². The number of aromatic nitrogens is 2. The average molecular weight is 479 g/mol. The molecule has 0 saturated carbocycles. The Morgan fingerprint density at radius 1 is 1.29 bits per heavy atom. The second-order valence-corrected chi connectivity index (χ2v) is 11.0. The van der Waals surface area contributed by atoms with Gasteiger partial charge in [0.15, 0.2) is 0 Å². The molecule has 9 heteroatoms. The zero-order valence-corrected chi connectivity index (χ0v) is 20.2. The Balaban J connectivity index is 1.15. The van der Waals surface area contributed by atoms with Gasteiger partial charge in [0.05, 0.1) is 12.3 Å². The van der Waals surface area contributed by atoms with E-state index in [-0.39, 0.29) is 23.4 Å². The van der Waals surface area contributed by atoms with Gasteiger partial charge in [-0.25, -0.2) is 9.97 Å². The van der Waals surface area contributed by atoms with Crippen molar-refractivity contribution in [1.82, 2.24) is 15.3 Å². The van der Waals surface area contributed by atoms with E-state index in [0.717, 1.165) is 79.4 Å². The Morgan fingerprint density at radius 3 is 3.00 bits per heavy atom. The number of fused-ring (bicyclic) bond motifs is 2. The number of carbonyl (C=O) groups is 1. The highest BCUT2D eigenvalue weighted by atomic mass is 32.1. The summed E-state index contributed by atoms with van der Waals surface area (Å²) in [7, 11) is 0. The number of hydrogen-bond donors (Lipinski definition) is 3. The molecule has 6 rings (SSSR count). The molecule has 3 aromatic rings. The Kier molecular flexibility index (Phi) is 5.24. The van der Waals surface area contributed by atoms with E-state index in [0.29, 0.717) is 10.6 Å². The molecule has 0 radical (unpaired) electrons. The highest BCUT2D eigenvalue weighted by Crippen LogP contribution is 2.39. The fourth-order valence-electron chi connectivity index (χ4n) is 5.62. The van der Waals surface area contributed by atoms with Crippen LogP contribution in [-0.2, 0) is 17.6 Å². The van der Waals surface area contributed by atoms with Crippen molar-refractivity contribution >= 4 is 39.0 Å². The van der Waals surface area contributed by atoms with E-state index in [1.807, 2.05) is 19.1 Å². The second kappa shape index (κ2) is 8.18. The minimum absolute atomic E-state index is 0.0612. The molecule has 8 nitrogen and oxygen atoms in total. The SMILES string of the molecule is Cc1ccc2c(N)c(C(=O)N[C@H]3CCc4nc(N5C[C@H](N)[C@@]6(CCOC6)C5)ccc4C3)sc2n1. The maximum Gasteiger partial charge on any atom is 0.263 e. The largest absolute Gasteiger partial charge is 0.397 e. The molecule has 178 valence electrons. The lowest BCUT2D eigenvalue weighted by Gasteiger charge is -2.27. The third-order valence-corrected chi connectivity index (χ3v) is 8.81. The van der Waals surface area contributed by atoms with E-state index in [1.54, 1.807) is 0 Å². The van der Waals surface area contributed by atoms with Crippen LogP contribution in [0, 0.1) is 12.3 Å². The Labute approximate surface area is 202 Å². The molecule has 3 atom stereocenters. The second-order valence-electron chi connectivity index (χ2n) is 9.99. The van der Waals surface area contributed by atoms with Gasteiger partial charge in [-0.1, -0.05) is 6.07 Å². The topological polar surface area (TPSA) is 119 Å². The molecule has 5 N–H and O–H groups in total. The van der Waals surface area contributed by atoms with Crippen molar-refractivity contribution < 1.29 is 9.53 Å². The number of aryl methyl sites for hydroxylation is 2. The molecule has 0 bridgehead atoms. The van der Waals surface area contributed by atoms with Crippen LogP contribution < -0.4 is 21.7 Å². The number of amides is 1. The number of nitrogen functional groups attached to an aromatic ring is 1. The molecule has 1 amide bonds. The maximum absolute atomic E-state index is 13.0. The molecule has 2 aliphatic heterocycles. The van der Waals surface area contributed by atoms with E-state index < -0.39 is 0 Å². The fraction of sp³-hybridized carbons (Fsp3) is 0.480. The van der Waals surface area contributed by atoms with Crippen LogP contribution in [0.15, 0.2) is 24.3 Å². The number of hydrogen-bond acceptors (Lipinski definition) is 8. The van der Waals surface area contributed by atoms with Crippen molar-refractivity contribution in [3.8, 4) is 0 Å². The van der Waals surface area contributed by atoms with Gasteiger partial charge < -0.3 is 26.4 Å². The number of nitrogens with one attached hydrogen (secondary N) is 1. The minimum Gasteiger partial charge on any atom is -0.397 e. The molecular formula is C25H30N6O2S. The normalized spacial score (nSPS) is 26.4. The van der Waals surface area contributed by atoms with Gasteiger partial charge in [-0.05, 0) is 56.4 Å². The van der Waals surface area contributed by atoms with Gasteiger partial charge in [-0.3, -0.25) is 4.79 Å². The summed E-state index contributed by atoms with van der Waals surface area (Å²) in [4.78, 5) is 26.2. The van der Waals surface area contributed by atoms with Crippen molar-refractivity contribution in [2.24, 2.45) is 11.1 Å². The molecule has 1 spiro atoms. The summed E-state index contributed by atoms with van der Waals surface area (Å²) in [5, 5.41) is 4.04. The third-order valence-electron chi connectivity index (χ3n) is 7.69. The molecule has 5 heterocycles. The molecule has 1 aliphatic carbocycles. The number of nitrogens with zero attached hydrogens (tertiary/aromatic N) is 3. The van der Waals surface area contributed by atoms with Crippen LogP contribution in [0.1, 0.15) is 39.5 Å². The van der Waals surface area contributed by atoms with E-state index in [1.165, 1.54) is 16.9 Å². The first kappa shape index (κ1) is 21.8. The summed E-state index contributed by atoms with van der Waals surface area (Å²) in [5.41, 5.74) is 16.6. The lowest BCUT2D eigenvalue weighted by atomic mass is 9.83. The zero-order valence-electron chi connectivity index (χ0n) is 19.3. The van der Waals surface area contributed by atoms with E-state index in [9.17, 15) is 4.79 Å². The average Bonchev–Trinajstić information content (AvgIpc) is 3.52. The summed E-state index contributed by atoms with van der Waals surface area (Å²) in [6.45, 7) is 5.21. The van der Waals surface area contributed by atoms with Gasteiger partial charge in [0.1, 0.15) is 15.5 Å². The Morgan fingerprint density at radius 2 is 2.18 bits per heavy atom. The van der Waals surface area contributed by atoms with Crippen LogP contribution in [-0.4, -0.2) is 54.3 Å². The Hall–Kier alpha value is -2.75. The first-order valence-electron chi connectivity index (χ1n) is 12.0. The molecule has 3 aliphatic rings. The molecule has 2 fully saturated rings. The molecule has 2 saturated heterocycles. The van der Waals surface area contributed by atoms with Gasteiger partial charge in [0, 0.05) is 54.0 Å². The highest BCUT2D eigenvalue weighted by Gasteiger charge is 2.47. The minimum atomic E-state index is -0.119. The highest BCUT2D eigenvalue weighted by molar-refractivity contribution is 7.21. The summed E-state index contributed by atoms with van der Waals surface area (Å²) >= 11 is 1.36. The summed E-state index contributed by atoms with van der Waals surface area (Å²) in [6.07, 6.45) is 3.49.